The number of aromatic amines is 1. The lowest BCUT2D eigenvalue weighted by atomic mass is 10.2. The Morgan fingerprint density at radius 3 is 2.85 bits per heavy atom. The monoisotopic (exact) mass is 298 g/mol. The lowest BCUT2D eigenvalue weighted by molar-refractivity contribution is -0.124. The third-order valence-corrected chi connectivity index (χ3v) is 3.12. The van der Waals surface area contributed by atoms with Crippen LogP contribution in [0.1, 0.15) is 6.92 Å². The molecule has 0 radical (unpaired) electrons. The van der Waals surface area contributed by atoms with Crippen molar-refractivity contribution < 1.29 is 4.79 Å². The fourth-order valence-electron chi connectivity index (χ4n) is 1.90. The highest BCUT2D eigenvalue weighted by atomic mass is 35.5. The van der Waals surface area contributed by atoms with E-state index in [1.807, 2.05) is 24.3 Å². The van der Waals surface area contributed by atoms with Crippen LogP contribution in [0.3, 0.4) is 0 Å². The third-order valence-electron chi connectivity index (χ3n) is 3.12. The molecule has 110 valence electrons. The molecule has 2 aromatic rings. The minimum Gasteiger partial charge on any atom is -0.354 e. The van der Waals surface area contributed by atoms with Crippen molar-refractivity contribution >= 4 is 29.3 Å². The van der Waals surface area contributed by atoms with Gasteiger partial charge in [0, 0.05) is 25.6 Å². The van der Waals surface area contributed by atoms with Crippen molar-refractivity contribution in [2.45, 2.75) is 13.5 Å². The number of aromatic nitrogens is 2. The van der Waals surface area contributed by atoms with E-state index in [4.69, 9.17) is 5.73 Å². The van der Waals surface area contributed by atoms with Crippen molar-refractivity contribution in [3.63, 3.8) is 0 Å². The topological polar surface area (TPSA) is 92.9 Å². The number of imidazole rings is 1. The maximum absolute atomic E-state index is 11.8. The molecule has 20 heavy (non-hydrogen) atoms. The van der Waals surface area contributed by atoms with E-state index in [9.17, 15) is 9.59 Å². The minimum atomic E-state index is -0.209. The van der Waals surface area contributed by atoms with Crippen molar-refractivity contribution in [2.24, 2.45) is 11.7 Å². The number of fused-ring (bicyclic) bond motifs is 1. The van der Waals surface area contributed by atoms with E-state index in [2.05, 4.69) is 10.3 Å². The molecule has 0 bridgehead atoms. The Morgan fingerprint density at radius 2 is 2.15 bits per heavy atom. The van der Waals surface area contributed by atoms with Gasteiger partial charge in [0.15, 0.2) is 0 Å². The van der Waals surface area contributed by atoms with Crippen LogP contribution in [0.25, 0.3) is 11.0 Å². The van der Waals surface area contributed by atoms with E-state index in [1.165, 1.54) is 0 Å². The van der Waals surface area contributed by atoms with Crippen LogP contribution >= 0.6 is 12.4 Å². The van der Waals surface area contributed by atoms with Crippen LogP contribution < -0.4 is 16.7 Å². The Hall–Kier alpha value is -1.79. The summed E-state index contributed by atoms with van der Waals surface area (Å²) >= 11 is 0. The number of nitrogens with one attached hydrogen (secondary N) is 2. The summed E-state index contributed by atoms with van der Waals surface area (Å²) in [5.74, 6) is -0.296. The Kier molecular flexibility index (Phi) is 5.79. The molecule has 1 aromatic carbocycles. The largest absolute Gasteiger partial charge is 0.354 e. The third kappa shape index (κ3) is 3.40. The molecule has 1 unspecified atom stereocenters. The molecule has 0 fully saturated rings. The van der Waals surface area contributed by atoms with Crippen LogP contribution in [0.4, 0.5) is 0 Å². The number of carbonyl (C=O) groups excluding carboxylic acids is 1. The van der Waals surface area contributed by atoms with E-state index in [1.54, 1.807) is 11.5 Å². The van der Waals surface area contributed by atoms with E-state index >= 15 is 0 Å². The predicted octanol–water partition coefficient (Wildman–Crippen LogP) is 0.462. The lowest BCUT2D eigenvalue weighted by Gasteiger charge is -2.10. The summed E-state index contributed by atoms with van der Waals surface area (Å²) in [6.07, 6.45) is 0. The minimum absolute atomic E-state index is 0. The van der Waals surface area contributed by atoms with Crippen LogP contribution in [0.5, 0.6) is 0 Å². The summed E-state index contributed by atoms with van der Waals surface area (Å²) in [5.41, 5.74) is 6.89. The number of carbonyl (C=O) groups is 1. The van der Waals surface area contributed by atoms with Gasteiger partial charge in [-0.15, -0.1) is 12.4 Å². The Morgan fingerprint density at radius 1 is 1.45 bits per heavy atom. The molecule has 1 aromatic heterocycles. The molecule has 1 atom stereocenters. The van der Waals surface area contributed by atoms with Gasteiger partial charge in [0.2, 0.25) is 5.91 Å². The van der Waals surface area contributed by atoms with Crippen LogP contribution in [0, 0.1) is 5.92 Å². The Balaban J connectivity index is 0.00000200. The molecule has 2 rings (SSSR count). The van der Waals surface area contributed by atoms with Gasteiger partial charge >= 0.3 is 5.69 Å². The number of para-hydroxylation sites is 2. The Labute approximate surface area is 122 Å². The number of halogens is 1. The molecule has 1 amide bonds. The molecule has 0 spiro atoms. The summed E-state index contributed by atoms with van der Waals surface area (Å²) in [7, 11) is 0. The first-order valence-corrected chi connectivity index (χ1v) is 6.29. The molecule has 0 saturated heterocycles. The lowest BCUT2D eigenvalue weighted by Crippen LogP contribution is -2.36. The van der Waals surface area contributed by atoms with Gasteiger partial charge in [-0.3, -0.25) is 9.36 Å². The maximum Gasteiger partial charge on any atom is 0.326 e. The first-order chi connectivity index (χ1) is 9.13. The van der Waals surface area contributed by atoms with E-state index in [-0.39, 0.29) is 29.9 Å². The normalized spacial score (nSPS) is 11.9. The van der Waals surface area contributed by atoms with Gasteiger partial charge in [0.05, 0.1) is 11.0 Å². The fourth-order valence-corrected chi connectivity index (χ4v) is 1.90. The fraction of sp³-hybridized carbons (Fsp3) is 0.385. The van der Waals surface area contributed by atoms with Crippen molar-refractivity contribution in [3.8, 4) is 0 Å². The quantitative estimate of drug-likeness (QED) is 0.749. The molecule has 0 aliphatic heterocycles. The van der Waals surface area contributed by atoms with E-state index in [0.717, 1.165) is 11.0 Å². The summed E-state index contributed by atoms with van der Waals surface area (Å²) in [5, 5.41) is 2.77. The number of nitrogens with zero attached hydrogens (tertiary/aromatic N) is 1. The van der Waals surface area contributed by atoms with Gasteiger partial charge < -0.3 is 16.0 Å². The number of hydrogen-bond donors (Lipinski definition) is 3. The number of H-pyrrole nitrogens is 1. The van der Waals surface area contributed by atoms with Crippen molar-refractivity contribution in [1.29, 1.82) is 0 Å². The molecule has 0 aliphatic rings. The van der Waals surface area contributed by atoms with Gasteiger partial charge in [-0.1, -0.05) is 19.1 Å². The SMILES string of the molecule is CC(CN)C(=O)NCCn1c(=O)[nH]c2ccccc21.Cl. The van der Waals surface area contributed by atoms with Gasteiger partial charge in [0.25, 0.3) is 0 Å². The van der Waals surface area contributed by atoms with Gasteiger partial charge in [-0.05, 0) is 12.1 Å². The predicted molar refractivity (Wildman–Crippen MR) is 81.0 cm³/mol. The highest BCUT2D eigenvalue weighted by molar-refractivity contribution is 5.85. The van der Waals surface area contributed by atoms with Crippen LogP contribution in [0.15, 0.2) is 29.1 Å². The van der Waals surface area contributed by atoms with Crippen molar-refractivity contribution in [3.05, 3.63) is 34.7 Å². The molecule has 0 aliphatic carbocycles. The first-order valence-electron chi connectivity index (χ1n) is 6.29. The first kappa shape index (κ1) is 16.3. The smallest absolute Gasteiger partial charge is 0.326 e. The van der Waals surface area contributed by atoms with Gasteiger partial charge in [-0.25, -0.2) is 4.79 Å². The van der Waals surface area contributed by atoms with Gasteiger partial charge in [0.1, 0.15) is 0 Å². The summed E-state index contributed by atoms with van der Waals surface area (Å²) in [6.45, 7) is 2.93. The average Bonchev–Trinajstić information content (AvgIpc) is 2.74. The standard InChI is InChI=1S/C13H18N4O2.ClH/c1-9(8-14)12(18)15-6-7-17-11-5-3-2-4-10(11)16-13(17)19;/h2-5,9H,6-8,14H2,1H3,(H,15,18)(H,16,19);1H. The average molecular weight is 299 g/mol. The highest BCUT2D eigenvalue weighted by Gasteiger charge is 2.10. The molecule has 6 nitrogen and oxygen atoms in total. The number of nitrogens with two attached hydrogens (primary N) is 1. The zero-order chi connectivity index (χ0) is 13.8. The maximum atomic E-state index is 11.8. The van der Waals surface area contributed by atoms with Crippen molar-refractivity contribution in [1.82, 2.24) is 14.9 Å². The number of rotatable bonds is 5. The summed E-state index contributed by atoms with van der Waals surface area (Å²) < 4.78 is 1.61. The molecule has 0 saturated carbocycles. The second kappa shape index (κ2) is 7.12. The second-order valence-corrected chi connectivity index (χ2v) is 4.53. The van der Waals surface area contributed by atoms with E-state index < -0.39 is 0 Å². The van der Waals surface area contributed by atoms with Crippen LogP contribution in [-0.2, 0) is 11.3 Å². The molecule has 4 N–H and O–H groups in total. The number of amides is 1. The van der Waals surface area contributed by atoms with Crippen LogP contribution in [-0.4, -0.2) is 28.5 Å². The number of benzene rings is 1. The molecular formula is C13H19ClN4O2. The van der Waals surface area contributed by atoms with E-state index in [0.29, 0.717) is 19.6 Å². The molecular weight excluding hydrogens is 280 g/mol. The van der Waals surface area contributed by atoms with Crippen LogP contribution in [0.2, 0.25) is 0 Å². The number of hydrogen-bond acceptors (Lipinski definition) is 3. The van der Waals surface area contributed by atoms with Crippen molar-refractivity contribution in [2.75, 3.05) is 13.1 Å². The second-order valence-electron chi connectivity index (χ2n) is 4.53. The Bertz CT molecular complexity index is 635. The highest BCUT2D eigenvalue weighted by Crippen LogP contribution is 2.08. The zero-order valence-electron chi connectivity index (χ0n) is 11.3. The summed E-state index contributed by atoms with van der Waals surface area (Å²) in [6, 6.07) is 7.47. The zero-order valence-corrected chi connectivity index (χ0v) is 12.1. The molecule has 1 heterocycles. The van der Waals surface area contributed by atoms with Gasteiger partial charge in [-0.2, -0.15) is 0 Å². The molecule has 7 heteroatoms. The summed E-state index contributed by atoms with van der Waals surface area (Å²) in [4.78, 5) is 26.1.